The van der Waals surface area contributed by atoms with Gasteiger partial charge in [0.15, 0.2) is 0 Å². The molecule has 0 aromatic rings. The quantitative estimate of drug-likeness (QED) is 0.346. The molecule has 0 saturated carbocycles. The highest BCUT2D eigenvalue weighted by molar-refractivity contribution is 4.77. The highest BCUT2D eigenvalue weighted by Gasteiger charge is 2.33. The zero-order valence-electron chi connectivity index (χ0n) is 13.0. The second kappa shape index (κ2) is 14.7. The van der Waals surface area contributed by atoms with Gasteiger partial charge < -0.3 is 18.9 Å². The molecule has 0 aliphatic heterocycles. The van der Waals surface area contributed by atoms with E-state index in [-0.39, 0.29) is 65.3 Å². The van der Waals surface area contributed by atoms with Crippen LogP contribution < -0.4 is 0 Å². The lowest BCUT2D eigenvalue weighted by Crippen LogP contribution is -2.46. The maximum atomic E-state index is 8.62. The summed E-state index contributed by atoms with van der Waals surface area (Å²) in [5.74, 6) is -1.27. The van der Waals surface area contributed by atoms with Crippen molar-refractivity contribution in [1.29, 1.82) is 21.0 Å². The van der Waals surface area contributed by atoms with Gasteiger partial charge in [0.25, 0.3) is 0 Å². The SMILES string of the molecule is N#CCCOCC(COCCC#N)(OCCC#N)OCCC#N. The van der Waals surface area contributed by atoms with Crippen molar-refractivity contribution < 1.29 is 18.9 Å². The fourth-order valence-electron chi connectivity index (χ4n) is 1.51. The number of hydrogen-bond acceptors (Lipinski definition) is 8. The lowest BCUT2D eigenvalue weighted by Gasteiger charge is -2.32. The molecular formula is C15H20N4O4. The van der Waals surface area contributed by atoms with Crippen molar-refractivity contribution in [3.8, 4) is 24.3 Å². The molecule has 0 saturated heterocycles. The molecule has 0 aromatic heterocycles. The van der Waals surface area contributed by atoms with Gasteiger partial charge in [-0.05, 0) is 0 Å². The number of rotatable bonds is 14. The zero-order chi connectivity index (χ0) is 17.2. The first kappa shape index (κ1) is 20.8. The van der Waals surface area contributed by atoms with Gasteiger partial charge in [0, 0.05) is 0 Å². The molecule has 0 atom stereocenters. The number of nitrogens with zero attached hydrogens (tertiary/aromatic N) is 4. The smallest absolute Gasteiger partial charge is 0.216 e. The second-order valence-electron chi connectivity index (χ2n) is 4.35. The fourth-order valence-corrected chi connectivity index (χ4v) is 1.51. The van der Waals surface area contributed by atoms with Gasteiger partial charge >= 0.3 is 0 Å². The van der Waals surface area contributed by atoms with E-state index in [9.17, 15) is 0 Å². The molecule has 0 rings (SSSR count). The first-order valence-electron chi connectivity index (χ1n) is 7.16. The Morgan fingerprint density at radius 2 is 0.913 bits per heavy atom. The third-order valence-corrected chi connectivity index (χ3v) is 2.52. The molecule has 124 valence electrons. The molecule has 0 aliphatic carbocycles. The third kappa shape index (κ3) is 11.1. The summed E-state index contributed by atoms with van der Waals surface area (Å²) in [5.41, 5.74) is 0. The Morgan fingerprint density at radius 3 is 1.26 bits per heavy atom. The highest BCUT2D eigenvalue weighted by atomic mass is 16.7. The van der Waals surface area contributed by atoms with Gasteiger partial charge in [0.1, 0.15) is 13.2 Å². The van der Waals surface area contributed by atoms with Crippen LogP contribution >= 0.6 is 0 Å². The van der Waals surface area contributed by atoms with Crippen LogP contribution in [0.25, 0.3) is 0 Å². The summed E-state index contributed by atoms with van der Waals surface area (Å²) in [6, 6.07) is 7.84. The standard InChI is InChI=1S/C15H20N4O4/c16-5-1-9-20-13-15(22-11-3-7-18,23-12-4-8-19)14-21-10-2-6-17/h1-4,9-14H2. The maximum Gasteiger partial charge on any atom is 0.216 e. The predicted octanol–water partition coefficient (Wildman–Crippen LogP) is 1.40. The van der Waals surface area contributed by atoms with E-state index < -0.39 is 5.79 Å². The minimum atomic E-state index is -1.27. The van der Waals surface area contributed by atoms with E-state index in [1.807, 2.05) is 24.3 Å². The number of hydrogen-bond donors (Lipinski definition) is 0. The average molecular weight is 320 g/mol. The highest BCUT2D eigenvalue weighted by Crippen LogP contribution is 2.17. The van der Waals surface area contributed by atoms with Crippen molar-refractivity contribution >= 4 is 0 Å². The van der Waals surface area contributed by atoms with Crippen LogP contribution in [0, 0.1) is 45.3 Å². The molecule has 0 amide bonds. The molecule has 0 heterocycles. The van der Waals surface area contributed by atoms with Gasteiger partial charge in [-0.1, -0.05) is 0 Å². The Morgan fingerprint density at radius 1 is 0.565 bits per heavy atom. The van der Waals surface area contributed by atoms with Crippen LogP contribution in [0.5, 0.6) is 0 Å². The van der Waals surface area contributed by atoms with Gasteiger partial charge in [0.2, 0.25) is 5.79 Å². The summed E-state index contributed by atoms with van der Waals surface area (Å²) in [6.07, 6.45) is 0.781. The monoisotopic (exact) mass is 320 g/mol. The third-order valence-electron chi connectivity index (χ3n) is 2.52. The molecule has 0 fully saturated rings. The predicted molar refractivity (Wildman–Crippen MR) is 77.2 cm³/mol. The Bertz CT molecular complexity index is 426. The summed E-state index contributed by atoms with van der Waals surface area (Å²) in [7, 11) is 0. The van der Waals surface area contributed by atoms with Crippen molar-refractivity contribution in [1.82, 2.24) is 0 Å². The first-order chi connectivity index (χ1) is 11.2. The number of ether oxygens (including phenoxy) is 4. The summed E-state index contributed by atoms with van der Waals surface area (Å²) >= 11 is 0. The summed E-state index contributed by atoms with van der Waals surface area (Å²) < 4.78 is 22.0. The van der Waals surface area contributed by atoms with Crippen LogP contribution in [0.15, 0.2) is 0 Å². The van der Waals surface area contributed by atoms with Crippen molar-refractivity contribution in [3.63, 3.8) is 0 Å². The molecule has 0 bridgehead atoms. The van der Waals surface area contributed by atoms with E-state index in [0.29, 0.717) is 0 Å². The minimum absolute atomic E-state index is 0.00189. The minimum Gasteiger partial charge on any atom is -0.375 e. The molecule has 0 unspecified atom stereocenters. The van der Waals surface area contributed by atoms with Gasteiger partial charge in [-0.25, -0.2) is 0 Å². The lowest BCUT2D eigenvalue weighted by molar-refractivity contribution is -0.281. The van der Waals surface area contributed by atoms with Crippen LogP contribution in [-0.4, -0.2) is 45.4 Å². The molecule has 8 heteroatoms. The van der Waals surface area contributed by atoms with Gasteiger partial charge in [0.05, 0.1) is 76.4 Å². The van der Waals surface area contributed by atoms with Crippen LogP contribution in [0.2, 0.25) is 0 Å². The van der Waals surface area contributed by atoms with E-state index in [1.165, 1.54) is 0 Å². The van der Waals surface area contributed by atoms with E-state index >= 15 is 0 Å². The Kier molecular flexibility index (Phi) is 13.3. The molecule has 8 nitrogen and oxygen atoms in total. The van der Waals surface area contributed by atoms with Crippen LogP contribution in [0.3, 0.4) is 0 Å². The number of nitriles is 4. The van der Waals surface area contributed by atoms with Crippen molar-refractivity contribution in [2.45, 2.75) is 31.5 Å². The largest absolute Gasteiger partial charge is 0.375 e. The van der Waals surface area contributed by atoms with Crippen LogP contribution in [0.1, 0.15) is 25.7 Å². The normalized spacial score (nSPS) is 10.3. The average Bonchev–Trinajstić information content (AvgIpc) is 2.56. The fraction of sp³-hybridized carbons (Fsp3) is 0.733. The zero-order valence-corrected chi connectivity index (χ0v) is 13.0. The van der Waals surface area contributed by atoms with E-state index in [1.54, 1.807) is 0 Å². The van der Waals surface area contributed by atoms with Gasteiger partial charge in [-0.15, -0.1) is 0 Å². The van der Waals surface area contributed by atoms with Crippen molar-refractivity contribution in [2.24, 2.45) is 0 Å². The molecule has 0 radical (unpaired) electrons. The topological polar surface area (TPSA) is 132 Å². The van der Waals surface area contributed by atoms with E-state index in [0.717, 1.165) is 0 Å². The van der Waals surface area contributed by atoms with Crippen LogP contribution in [-0.2, 0) is 18.9 Å². The lowest BCUT2D eigenvalue weighted by atomic mass is 10.3. The summed E-state index contributed by atoms with van der Waals surface area (Å²) in [5, 5.41) is 34.3. The molecule has 0 N–H and O–H groups in total. The first-order valence-corrected chi connectivity index (χ1v) is 7.16. The van der Waals surface area contributed by atoms with E-state index in [2.05, 4.69) is 0 Å². The maximum absolute atomic E-state index is 8.62. The summed E-state index contributed by atoms with van der Waals surface area (Å²) in [4.78, 5) is 0. The summed E-state index contributed by atoms with van der Waals surface area (Å²) in [6.45, 7) is 0.647. The van der Waals surface area contributed by atoms with Crippen molar-refractivity contribution in [2.75, 3.05) is 39.6 Å². The Balaban J connectivity index is 4.71. The molecule has 0 aromatic carbocycles. The Hall–Kier alpha value is -2.20. The molecular weight excluding hydrogens is 300 g/mol. The second-order valence-corrected chi connectivity index (χ2v) is 4.35. The molecule has 23 heavy (non-hydrogen) atoms. The van der Waals surface area contributed by atoms with Gasteiger partial charge in [-0.3, -0.25) is 0 Å². The Labute approximate surface area is 136 Å². The van der Waals surface area contributed by atoms with Crippen molar-refractivity contribution in [3.05, 3.63) is 0 Å². The molecule has 0 spiro atoms. The van der Waals surface area contributed by atoms with Crippen LogP contribution in [0.4, 0.5) is 0 Å². The van der Waals surface area contributed by atoms with Gasteiger partial charge in [-0.2, -0.15) is 21.0 Å². The van der Waals surface area contributed by atoms with E-state index in [4.69, 9.17) is 40.0 Å². The molecule has 0 aliphatic rings.